The Hall–Kier alpha value is -3.11. The first-order valence-corrected chi connectivity index (χ1v) is 11.9. The van der Waals surface area contributed by atoms with Crippen molar-refractivity contribution in [3.8, 4) is 0 Å². The van der Waals surface area contributed by atoms with Crippen molar-refractivity contribution in [3.63, 3.8) is 0 Å². The monoisotopic (exact) mass is 613 g/mol. The maximum absolute atomic E-state index is 13.2. The summed E-state index contributed by atoms with van der Waals surface area (Å²) >= 11 is 21.4. The van der Waals surface area contributed by atoms with E-state index in [0.29, 0.717) is 4.47 Å². The number of ether oxygens (including phenoxy) is 2. The molecule has 0 fully saturated rings. The number of amides is 1. The zero-order chi connectivity index (χ0) is 26.4. The number of carboxylic acids is 1. The smallest absolute Gasteiger partial charge is 0.349 e. The Morgan fingerprint density at radius 1 is 0.750 bits per heavy atom. The van der Waals surface area contributed by atoms with Crippen LogP contribution in [0, 0.1) is 0 Å². The summed E-state index contributed by atoms with van der Waals surface area (Å²) in [7, 11) is 0. The van der Waals surface area contributed by atoms with Crippen LogP contribution in [0.1, 0.15) is 20.7 Å². The molecule has 0 saturated heterocycles. The lowest BCUT2D eigenvalue weighted by molar-refractivity contribution is -0.157. The minimum absolute atomic E-state index is 0.00227. The lowest BCUT2D eigenvalue weighted by atomic mass is 10.1. The number of rotatable bonds is 8. The number of benzene rings is 3. The molecule has 3 aromatic rings. The Labute approximate surface area is 228 Å². The van der Waals surface area contributed by atoms with Gasteiger partial charge in [0.2, 0.25) is 12.2 Å². The van der Waals surface area contributed by atoms with E-state index >= 15 is 0 Å². The van der Waals surface area contributed by atoms with Crippen molar-refractivity contribution in [3.05, 3.63) is 97.4 Å². The van der Waals surface area contributed by atoms with Crippen molar-refractivity contribution < 1.29 is 33.8 Å². The van der Waals surface area contributed by atoms with E-state index in [0.717, 1.165) is 0 Å². The number of nitrogens with one attached hydrogen (secondary N) is 1. The molecule has 8 nitrogen and oxygen atoms in total. The maximum Gasteiger partial charge on any atom is 0.349 e. The Morgan fingerprint density at radius 2 is 1.25 bits per heavy atom. The van der Waals surface area contributed by atoms with E-state index in [1.54, 1.807) is 18.2 Å². The lowest BCUT2D eigenvalue weighted by Crippen LogP contribution is -2.48. The summed E-state index contributed by atoms with van der Waals surface area (Å²) in [5, 5.41) is 12.3. The number of halogens is 4. The average molecular weight is 616 g/mol. The fourth-order valence-corrected chi connectivity index (χ4v) is 4.05. The molecule has 36 heavy (non-hydrogen) atoms. The first-order chi connectivity index (χ1) is 17.1. The van der Waals surface area contributed by atoms with Gasteiger partial charge in [-0.1, -0.05) is 75.0 Å². The van der Waals surface area contributed by atoms with Gasteiger partial charge in [-0.25, -0.2) is 14.4 Å². The standard InChI is InChI=1S/C24H15BrCl3NO7/c25-12-9-10-18(17(28)11-12)29-21(30)19(35-23(33)13-5-1-3-7-15(13)26)20(22(31)32)36-24(34)14-6-2-4-8-16(14)27/h1-11,19-20H,(H,29,30)(H,31,32)/t19-,20-/m1/s1. The van der Waals surface area contributed by atoms with Crippen molar-refractivity contribution >= 4 is 80.2 Å². The quantitative estimate of drug-likeness (QED) is 0.304. The van der Waals surface area contributed by atoms with E-state index in [4.69, 9.17) is 44.3 Å². The molecule has 0 saturated carbocycles. The normalized spacial score (nSPS) is 12.2. The molecule has 0 aliphatic heterocycles. The van der Waals surface area contributed by atoms with Crippen molar-refractivity contribution in [2.75, 3.05) is 5.32 Å². The van der Waals surface area contributed by atoms with Crippen LogP contribution in [0.3, 0.4) is 0 Å². The van der Waals surface area contributed by atoms with Gasteiger partial charge in [-0.05, 0) is 42.5 Å². The van der Waals surface area contributed by atoms with Gasteiger partial charge in [-0.15, -0.1) is 0 Å². The largest absolute Gasteiger partial charge is 0.478 e. The zero-order valence-corrected chi connectivity index (χ0v) is 21.8. The highest BCUT2D eigenvalue weighted by Gasteiger charge is 2.41. The molecule has 1 amide bonds. The molecule has 3 aromatic carbocycles. The second-order valence-corrected chi connectivity index (χ2v) is 9.20. The van der Waals surface area contributed by atoms with Crippen LogP contribution in [0.4, 0.5) is 5.69 Å². The molecule has 3 rings (SSSR count). The van der Waals surface area contributed by atoms with Crippen LogP contribution in [0.2, 0.25) is 15.1 Å². The molecule has 12 heteroatoms. The average Bonchev–Trinajstić information content (AvgIpc) is 2.83. The Morgan fingerprint density at radius 3 is 1.72 bits per heavy atom. The summed E-state index contributed by atoms with van der Waals surface area (Å²) in [5.74, 6) is -5.16. The topological polar surface area (TPSA) is 119 Å². The van der Waals surface area contributed by atoms with Gasteiger partial charge < -0.3 is 19.9 Å². The van der Waals surface area contributed by atoms with Crippen LogP contribution in [0.5, 0.6) is 0 Å². The summed E-state index contributed by atoms with van der Waals surface area (Å²) in [6, 6.07) is 16.0. The van der Waals surface area contributed by atoms with Gasteiger partial charge in [0.05, 0.1) is 31.9 Å². The third kappa shape index (κ3) is 6.76. The SMILES string of the molecule is O=C(O[C@@H](C(=O)O)[C@@H](OC(=O)c1ccccc1Cl)C(=O)Nc1ccc(Br)cc1Cl)c1ccccc1Cl. The van der Waals surface area contributed by atoms with Gasteiger partial charge in [-0.3, -0.25) is 4.79 Å². The summed E-state index contributed by atoms with van der Waals surface area (Å²) in [4.78, 5) is 50.8. The van der Waals surface area contributed by atoms with Gasteiger partial charge in [0.25, 0.3) is 5.91 Å². The molecular weight excluding hydrogens is 601 g/mol. The molecular formula is C24H15BrCl3NO7. The maximum atomic E-state index is 13.2. The van der Waals surface area contributed by atoms with E-state index in [9.17, 15) is 24.3 Å². The number of anilines is 1. The number of carbonyl (C=O) groups excluding carboxylic acids is 3. The summed E-state index contributed by atoms with van der Waals surface area (Å²) in [6.07, 6.45) is -4.40. The Balaban J connectivity index is 1.96. The molecule has 2 N–H and O–H groups in total. The second-order valence-electron chi connectivity index (χ2n) is 7.06. The molecule has 0 aliphatic rings. The van der Waals surface area contributed by atoms with Crippen LogP contribution < -0.4 is 5.32 Å². The van der Waals surface area contributed by atoms with Crippen LogP contribution in [-0.4, -0.2) is 41.1 Å². The molecule has 0 aliphatic carbocycles. The Bertz CT molecular complexity index is 1330. The lowest BCUT2D eigenvalue weighted by Gasteiger charge is -2.24. The van der Waals surface area contributed by atoms with Gasteiger partial charge in [-0.2, -0.15) is 0 Å². The first kappa shape index (κ1) is 27.5. The number of hydrogen-bond donors (Lipinski definition) is 2. The first-order valence-electron chi connectivity index (χ1n) is 9.98. The third-order valence-electron chi connectivity index (χ3n) is 4.62. The second kappa shape index (κ2) is 12.2. The third-order valence-corrected chi connectivity index (χ3v) is 6.09. The van der Waals surface area contributed by atoms with Crippen molar-refractivity contribution in [2.24, 2.45) is 0 Å². The highest BCUT2D eigenvalue weighted by atomic mass is 79.9. The van der Waals surface area contributed by atoms with Crippen molar-refractivity contribution in [1.82, 2.24) is 0 Å². The fourth-order valence-electron chi connectivity index (χ4n) is 2.90. The van der Waals surface area contributed by atoms with E-state index in [1.165, 1.54) is 48.5 Å². The van der Waals surface area contributed by atoms with Crippen LogP contribution in [-0.2, 0) is 19.1 Å². The van der Waals surface area contributed by atoms with Crippen LogP contribution in [0.25, 0.3) is 0 Å². The van der Waals surface area contributed by atoms with Crippen LogP contribution in [0.15, 0.2) is 71.2 Å². The van der Waals surface area contributed by atoms with Crippen LogP contribution >= 0.6 is 50.7 Å². The minimum atomic E-state index is -2.26. The molecule has 0 radical (unpaired) electrons. The van der Waals surface area contributed by atoms with Crippen molar-refractivity contribution in [2.45, 2.75) is 12.2 Å². The zero-order valence-electron chi connectivity index (χ0n) is 17.9. The molecule has 0 unspecified atom stereocenters. The number of aliphatic carboxylic acids is 1. The molecule has 0 spiro atoms. The number of carboxylic acid groups (broad SMARTS) is 1. The minimum Gasteiger partial charge on any atom is -0.478 e. The van der Waals surface area contributed by atoms with E-state index < -0.39 is 36.0 Å². The molecule has 0 heterocycles. The number of hydrogen-bond acceptors (Lipinski definition) is 6. The van der Waals surface area contributed by atoms with Gasteiger partial charge >= 0.3 is 17.9 Å². The predicted molar refractivity (Wildman–Crippen MR) is 137 cm³/mol. The van der Waals surface area contributed by atoms with Gasteiger partial charge in [0.15, 0.2) is 0 Å². The number of esters is 2. The highest BCUT2D eigenvalue weighted by Crippen LogP contribution is 2.27. The van der Waals surface area contributed by atoms with Gasteiger partial charge in [0, 0.05) is 4.47 Å². The van der Waals surface area contributed by atoms with Gasteiger partial charge in [0.1, 0.15) is 0 Å². The summed E-state index contributed by atoms with van der Waals surface area (Å²) in [5.41, 5.74) is -0.205. The summed E-state index contributed by atoms with van der Waals surface area (Å²) < 4.78 is 10.9. The molecule has 0 aromatic heterocycles. The van der Waals surface area contributed by atoms with E-state index in [-0.39, 0.29) is 31.9 Å². The molecule has 186 valence electrons. The summed E-state index contributed by atoms with van der Waals surface area (Å²) in [6.45, 7) is 0. The Kier molecular flexibility index (Phi) is 9.33. The predicted octanol–water partition coefficient (Wildman–Crippen LogP) is 5.88. The van der Waals surface area contributed by atoms with E-state index in [2.05, 4.69) is 21.2 Å². The fraction of sp³-hybridized carbons (Fsp3) is 0.0833. The van der Waals surface area contributed by atoms with Crippen molar-refractivity contribution in [1.29, 1.82) is 0 Å². The number of carbonyl (C=O) groups is 4. The molecule has 2 atom stereocenters. The molecule has 0 bridgehead atoms. The van der Waals surface area contributed by atoms with E-state index in [1.807, 2.05) is 0 Å². The highest BCUT2D eigenvalue weighted by molar-refractivity contribution is 9.10.